The number of carbonyl (C=O) groups excluding carboxylic acids is 2. The van der Waals surface area contributed by atoms with E-state index < -0.39 is 0 Å². The molecule has 1 saturated heterocycles. The molecule has 5 heteroatoms. The molecule has 0 saturated carbocycles. The van der Waals surface area contributed by atoms with Gasteiger partial charge in [0.05, 0.1) is 6.54 Å². The molecule has 0 aromatic rings. The van der Waals surface area contributed by atoms with Crippen LogP contribution in [-0.2, 0) is 4.79 Å². The molecule has 0 spiro atoms. The number of hydrogen-bond donors (Lipinski definition) is 2. The molecule has 3 amide bonds. The van der Waals surface area contributed by atoms with Gasteiger partial charge in [-0.1, -0.05) is 26.8 Å². The number of amides is 3. The lowest BCUT2D eigenvalue weighted by Gasteiger charge is -2.14. The van der Waals surface area contributed by atoms with Crippen LogP contribution < -0.4 is 10.6 Å². The third kappa shape index (κ3) is 3.56. The highest BCUT2D eigenvalue weighted by Crippen LogP contribution is 2.12. The summed E-state index contributed by atoms with van der Waals surface area (Å²) in [4.78, 5) is 24.8. The summed E-state index contributed by atoms with van der Waals surface area (Å²) in [5, 5.41) is 5.81. The zero-order valence-corrected chi connectivity index (χ0v) is 10.6. The molecule has 5 nitrogen and oxygen atoms in total. The van der Waals surface area contributed by atoms with Crippen LogP contribution in [0.1, 0.15) is 26.7 Å². The average Bonchev–Trinajstić information content (AvgIpc) is 2.55. The Labute approximate surface area is 102 Å². The lowest BCUT2D eigenvalue weighted by Crippen LogP contribution is -2.35. The van der Waals surface area contributed by atoms with Crippen LogP contribution in [0.5, 0.6) is 0 Å². The van der Waals surface area contributed by atoms with E-state index in [0.717, 1.165) is 18.5 Å². The normalized spacial score (nSPS) is 19.6. The Bertz CT molecular complexity index is 315. The Morgan fingerprint density at radius 3 is 2.76 bits per heavy atom. The number of hydrogen-bond acceptors (Lipinski definition) is 3. The molecule has 1 aliphatic heterocycles. The highest BCUT2D eigenvalue weighted by atomic mass is 16.2. The summed E-state index contributed by atoms with van der Waals surface area (Å²) in [5.41, 5.74) is 0.840. The van der Waals surface area contributed by atoms with E-state index in [0.29, 0.717) is 19.5 Å². The third-order valence-corrected chi connectivity index (χ3v) is 2.69. The minimum absolute atomic E-state index is 0.130. The van der Waals surface area contributed by atoms with E-state index >= 15 is 0 Å². The second kappa shape index (κ2) is 6.39. The van der Waals surface area contributed by atoms with Gasteiger partial charge in [-0.25, -0.2) is 4.79 Å². The smallest absolute Gasteiger partial charge is 0.325 e. The molecule has 1 rings (SSSR count). The van der Waals surface area contributed by atoms with Crippen LogP contribution in [0.25, 0.3) is 0 Å². The maximum absolute atomic E-state index is 11.9. The summed E-state index contributed by atoms with van der Waals surface area (Å²) in [6, 6.07) is -0.648. The van der Waals surface area contributed by atoms with Crippen LogP contribution in [0, 0.1) is 0 Å². The molecule has 96 valence electrons. The first-order valence-electron chi connectivity index (χ1n) is 6.09. The van der Waals surface area contributed by atoms with Crippen LogP contribution in [0.4, 0.5) is 4.79 Å². The first-order chi connectivity index (χ1) is 8.10. The molecule has 1 aliphatic rings. The number of nitrogens with one attached hydrogen (secondary N) is 2. The Morgan fingerprint density at radius 1 is 1.47 bits per heavy atom. The minimum Gasteiger partial charge on any atom is -0.326 e. The zero-order chi connectivity index (χ0) is 12.8. The van der Waals surface area contributed by atoms with Gasteiger partial charge in [-0.3, -0.25) is 9.69 Å². The summed E-state index contributed by atoms with van der Waals surface area (Å²) in [6.07, 6.45) is 1.57. The molecule has 0 radical (unpaired) electrons. The van der Waals surface area contributed by atoms with Crippen molar-refractivity contribution in [3.63, 3.8) is 0 Å². The van der Waals surface area contributed by atoms with Crippen molar-refractivity contribution >= 4 is 11.9 Å². The maximum atomic E-state index is 11.9. The lowest BCUT2D eigenvalue weighted by molar-refractivity contribution is -0.127. The van der Waals surface area contributed by atoms with E-state index in [4.69, 9.17) is 0 Å². The summed E-state index contributed by atoms with van der Waals surface area (Å²) >= 11 is 0. The van der Waals surface area contributed by atoms with Crippen molar-refractivity contribution in [2.45, 2.75) is 32.7 Å². The molecule has 0 aromatic heterocycles. The largest absolute Gasteiger partial charge is 0.326 e. The molecule has 0 aromatic carbocycles. The van der Waals surface area contributed by atoms with Gasteiger partial charge >= 0.3 is 6.03 Å². The van der Waals surface area contributed by atoms with Crippen molar-refractivity contribution in [3.05, 3.63) is 12.2 Å². The molecule has 0 aliphatic carbocycles. The Kier molecular flexibility index (Phi) is 5.15. The van der Waals surface area contributed by atoms with Crippen LogP contribution in [0.15, 0.2) is 12.2 Å². The van der Waals surface area contributed by atoms with E-state index in [1.54, 1.807) is 0 Å². The Balaban J connectivity index is 2.51. The van der Waals surface area contributed by atoms with Gasteiger partial charge in [-0.15, -0.1) is 0 Å². The van der Waals surface area contributed by atoms with Gasteiger partial charge < -0.3 is 10.6 Å². The highest BCUT2D eigenvalue weighted by Gasteiger charge is 2.37. The lowest BCUT2D eigenvalue weighted by atomic mass is 10.1. The molecular formula is C12H21N3O2. The van der Waals surface area contributed by atoms with E-state index in [1.807, 2.05) is 13.8 Å². The van der Waals surface area contributed by atoms with Crippen LogP contribution in [-0.4, -0.2) is 42.5 Å². The van der Waals surface area contributed by atoms with E-state index in [2.05, 4.69) is 17.2 Å². The SMILES string of the molecule is C=C(CNCC)CN1C(=O)NC(CCC)C1=O. The number of carbonyl (C=O) groups is 2. The quantitative estimate of drug-likeness (QED) is 0.512. The van der Waals surface area contributed by atoms with Gasteiger partial charge in [0.25, 0.3) is 5.91 Å². The van der Waals surface area contributed by atoms with Gasteiger partial charge in [0.2, 0.25) is 0 Å². The number of imide groups is 1. The fourth-order valence-corrected chi connectivity index (χ4v) is 1.79. The van der Waals surface area contributed by atoms with Gasteiger partial charge in [-0.05, 0) is 18.5 Å². The number of likely N-dealkylation sites (N-methyl/N-ethyl adjacent to an activating group) is 1. The van der Waals surface area contributed by atoms with Gasteiger partial charge in [0.1, 0.15) is 6.04 Å². The molecule has 17 heavy (non-hydrogen) atoms. The molecule has 1 fully saturated rings. The molecule has 0 bridgehead atoms. The molecular weight excluding hydrogens is 218 g/mol. The summed E-state index contributed by atoms with van der Waals surface area (Å²) in [7, 11) is 0. The standard InChI is InChI=1S/C12H21N3O2/c1-4-6-10-11(16)15(12(17)14-10)8-9(3)7-13-5-2/h10,13H,3-8H2,1-2H3,(H,14,17). The highest BCUT2D eigenvalue weighted by molar-refractivity contribution is 6.04. The fraction of sp³-hybridized carbons (Fsp3) is 0.667. The monoisotopic (exact) mass is 239 g/mol. The first-order valence-corrected chi connectivity index (χ1v) is 6.09. The third-order valence-electron chi connectivity index (χ3n) is 2.69. The van der Waals surface area contributed by atoms with Crippen molar-refractivity contribution in [2.75, 3.05) is 19.6 Å². The second-order valence-corrected chi connectivity index (χ2v) is 4.25. The Hall–Kier alpha value is -1.36. The van der Waals surface area contributed by atoms with E-state index in [-0.39, 0.29) is 18.0 Å². The summed E-state index contributed by atoms with van der Waals surface area (Å²) < 4.78 is 0. The Morgan fingerprint density at radius 2 is 2.18 bits per heavy atom. The van der Waals surface area contributed by atoms with Crippen LogP contribution in [0.3, 0.4) is 0 Å². The number of rotatable bonds is 7. The molecule has 1 unspecified atom stereocenters. The van der Waals surface area contributed by atoms with Crippen LogP contribution in [0.2, 0.25) is 0 Å². The van der Waals surface area contributed by atoms with Crippen molar-refractivity contribution < 1.29 is 9.59 Å². The summed E-state index contributed by atoms with van der Waals surface area (Å²) in [5.74, 6) is -0.130. The number of urea groups is 1. The molecule has 2 N–H and O–H groups in total. The predicted octanol–water partition coefficient (Wildman–Crippen LogP) is 0.873. The fourth-order valence-electron chi connectivity index (χ4n) is 1.79. The molecule has 1 atom stereocenters. The van der Waals surface area contributed by atoms with Gasteiger partial charge in [0, 0.05) is 6.54 Å². The maximum Gasteiger partial charge on any atom is 0.325 e. The summed E-state index contributed by atoms with van der Waals surface area (Å²) in [6.45, 7) is 9.63. The van der Waals surface area contributed by atoms with Crippen molar-refractivity contribution in [1.82, 2.24) is 15.5 Å². The van der Waals surface area contributed by atoms with E-state index in [1.165, 1.54) is 4.90 Å². The van der Waals surface area contributed by atoms with Crippen molar-refractivity contribution in [1.29, 1.82) is 0 Å². The number of nitrogens with zero attached hydrogens (tertiary/aromatic N) is 1. The van der Waals surface area contributed by atoms with Crippen molar-refractivity contribution in [2.24, 2.45) is 0 Å². The van der Waals surface area contributed by atoms with Gasteiger partial charge in [-0.2, -0.15) is 0 Å². The second-order valence-electron chi connectivity index (χ2n) is 4.25. The first kappa shape index (κ1) is 13.7. The van der Waals surface area contributed by atoms with E-state index in [9.17, 15) is 9.59 Å². The topological polar surface area (TPSA) is 61.4 Å². The van der Waals surface area contributed by atoms with Crippen molar-refractivity contribution in [3.8, 4) is 0 Å². The van der Waals surface area contributed by atoms with Crippen LogP contribution >= 0.6 is 0 Å². The zero-order valence-electron chi connectivity index (χ0n) is 10.6. The predicted molar refractivity (Wildman–Crippen MR) is 66.6 cm³/mol. The average molecular weight is 239 g/mol. The molecule has 1 heterocycles. The van der Waals surface area contributed by atoms with Gasteiger partial charge in [0.15, 0.2) is 0 Å². The minimum atomic E-state index is -0.348.